The Balaban J connectivity index is 1.89. The highest BCUT2D eigenvalue weighted by Crippen LogP contribution is 2.02. The van der Waals surface area contributed by atoms with E-state index in [0.29, 0.717) is 6.54 Å². The van der Waals surface area contributed by atoms with Gasteiger partial charge in [-0.1, -0.05) is 0 Å². The van der Waals surface area contributed by atoms with Gasteiger partial charge < -0.3 is 15.0 Å². The van der Waals surface area contributed by atoms with Crippen LogP contribution in [-0.2, 0) is 17.9 Å². The molecule has 0 radical (unpaired) electrons. The predicted octanol–water partition coefficient (Wildman–Crippen LogP) is 0.588. The van der Waals surface area contributed by atoms with Crippen LogP contribution in [0.15, 0.2) is 36.8 Å². The molecule has 0 fully saturated rings. The van der Waals surface area contributed by atoms with Crippen molar-refractivity contribution in [2.75, 3.05) is 0 Å². The number of carbonyl (C=O) groups excluding carboxylic acids is 1. The molecule has 106 valence electrons. The highest BCUT2D eigenvalue weighted by atomic mass is 16.4. The maximum Gasteiger partial charge on any atom is 0.352 e. The number of hydrogen-bond acceptors (Lipinski definition) is 3. The van der Waals surface area contributed by atoms with E-state index in [0.717, 1.165) is 0 Å². The van der Waals surface area contributed by atoms with Crippen LogP contribution in [0, 0.1) is 0 Å². The third-order valence-corrected chi connectivity index (χ3v) is 2.79. The molecule has 20 heavy (non-hydrogen) atoms. The molecule has 0 aliphatic heterocycles. The minimum atomic E-state index is -1.05. The number of aromatic carboxylic acids is 1. The number of amides is 1. The largest absolute Gasteiger partial charge is 0.477 e. The van der Waals surface area contributed by atoms with Crippen molar-refractivity contribution in [1.29, 1.82) is 0 Å². The monoisotopic (exact) mass is 276 g/mol. The molecule has 1 amide bonds. The summed E-state index contributed by atoms with van der Waals surface area (Å²) in [5.41, 5.74) is 0.0971. The molecule has 2 heterocycles. The second kappa shape index (κ2) is 6.05. The number of carboxylic acids is 1. The van der Waals surface area contributed by atoms with Gasteiger partial charge in [-0.15, -0.1) is 0 Å². The lowest BCUT2D eigenvalue weighted by molar-refractivity contribution is -0.122. The zero-order chi connectivity index (χ0) is 14.5. The van der Waals surface area contributed by atoms with Crippen LogP contribution in [0.5, 0.6) is 0 Å². The molecule has 2 rings (SSSR count). The zero-order valence-electron chi connectivity index (χ0n) is 11.1. The quantitative estimate of drug-likeness (QED) is 0.808. The lowest BCUT2D eigenvalue weighted by atomic mass is 10.3. The second-order valence-electron chi connectivity index (χ2n) is 4.52. The van der Waals surface area contributed by atoms with E-state index >= 15 is 0 Å². The van der Waals surface area contributed by atoms with Gasteiger partial charge in [0.25, 0.3) is 0 Å². The molecule has 0 saturated carbocycles. The summed E-state index contributed by atoms with van der Waals surface area (Å²) in [5, 5.41) is 15.8. The van der Waals surface area contributed by atoms with Gasteiger partial charge in [-0.05, 0) is 25.1 Å². The van der Waals surface area contributed by atoms with Gasteiger partial charge in [0.1, 0.15) is 12.2 Å². The van der Waals surface area contributed by atoms with Crippen LogP contribution in [0.25, 0.3) is 0 Å². The molecule has 0 spiro atoms. The van der Waals surface area contributed by atoms with Crippen molar-refractivity contribution >= 4 is 11.9 Å². The molecule has 7 heteroatoms. The Hall–Kier alpha value is -2.57. The average Bonchev–Trinajstić information content (AvgIpc) is 2.99. The average molecular weight is 276 g/mol. The Labute approximate surface area is 115 Å². The SMILES string of the molecule is CC(Cn1cccn1)NC(=O)Cn1cccc1C(=O)O. The fraction of sp³-hybridized carbons (Fsp3) is 0.308. The first-order valence-corrected chi connectivity index (χ1v) is 6.21. The summed E-state index contributed by atoms with van der Waals surface area (Å²) in [6.45, 7) is 2.42. The van der Waals surface area contributed by atoms with Crippen LogP contribution >= 0.6 is 0 Å². The maximum absolute atomic E-state index is 11.9. The number of nitrogens with zero attached hydrogens (tertiary/aromatic N) is 3. The van der Waals surface area contributed by atoms with E-state index in [4.69, 9.17) is 5.11 Å². The fourth-order valence-electron chi connectivity index (χ4n) is 1.96. The van der Waals surface area contributed by atoms with Crippen LogP contribution in [0.2, 0.25) is 0 Å². The summed E-state index contributed by atoms with van der Waals surface area (Å²) in [7, 11) is 0. The van der Waals surface area contributed by atoms with Crippen molar-refractivity contribution in [3.63, 3.8) is 0 Å². The minimum Gasteiger partial charge on any atom is -0.477 e. The van der Waals surface area contributed by atoms with E-state index < -0.39 is 5.97 Å². The zero-order valence-corrected chi connectivity index (χ0v) is 11.1. The number of nitrogens with one attached hydrogen (secondary N) is 1. The maximum atomic E-state index is 11.9. The van der Waals surface area contributed by atoms with Crippen LogP contribution < -0.4 is 5.32 Å². The Morgan fingerprint density at radius 2 is 2.20 bits per heavy atom. The summed E-state index contributed by atoms with van der Waals surface area (Å²) in [6.07, 6.45) is 5.06. The van der Waals surface area contributed by atoms with Gasteiger partial charge in [0.05, 0.1) is 6.54 Å². The molecule has 0 aliphatic carbocycles. The van der Waals surface area contributed by atoms with Crippen LogP contribution in [-0.4, -0.2) is 37.4 Å². The van der Waals surface area contributed by atoms with Crippen LogP contribution in [0.4, 0.5) is 0 Å². The third-order valence-electron chi connectivity index (χ3n) is 2.79. The van der Waals surface area contributed by atoms with Gasteiger partial charge >= 0.3 is 5.97 Å². The highest BCUT2D eigenvalue weighted by molar-refractivity contribution is 5.86. The summed E-state index contributed by atoms with van der Waals surface area (Å²) in [5.74, 6) is -1.28. The van der Waals surface area contributed by atoms with Gasteiger partial charge in [-0.3, -0.25) is 9.48 Å². The molecule has 2 aromatic rings. The van der Waals surface area contributed by atoms with Crippen molar-refractivity contribution in [2.45, 2.75) is 26.1 Å². The summed E-state index contributed by atoms with van der Waals surface area (Å²) in [6, 6.07) is 4.78. The lowest BCUT2D eigenvalue weighted by Gasteiger charge is -2.14. The van der Waals surface area contributed by atoms with Crippen molar-refractivity contribution < 1.29 is 14.7 Å². The van der Waals surface area contributed by atoms with Gasteiger partial charge in [0.15, 0.2) is 0 Å². The summed E-state index contributed by atoms with van der Waals surface area (Å²) >= 11 is 0. The number of hydrogen-bond donors (Lipinski definition) is 2. The number of carbonyl (C=O) groups is 2. The van der Waals surface area contributed by atoms with E-state index in [1.165, 1.54) is 10.6 Å². The number of rotatable bonds is 6. The van der Waals surface area contributed by atoms with Crippen molar-refractivity contribution in [2.24, 2.45) is 0 Å². The van der Waals surface area contributed by atoms with Crippen molar-refractivity contribution in [3.8, 4) is 0 Å². The Morgan fingerprint density at radius 1 is 1.40 bits per heavy atom. The Kier molecular flexibility index (Phi) is 4.19. The normalized spacial score (nSPS) is 12.1. The van der Waals surface area contributed by atoms with Crippen molar-refractivity contribution in [1.82, 2.24) is 19.7 Å². The molecule has 0 bridgehead atoms. The summed E-state index contributed by atoms with van der Waals surface area (Å²) in [4.78, 5) is 22.8. The molecule has 2 N–H and O–H groups in total. The first-order valence-electron chi connectivity index (χ1n) is 6.21. The topological polar surface area (TPSA) is 89.2 Å². The summed E-state index contributed by atoms with van der Waals surface area (Å²) < 4.78 is 3.13. The third kappa shape index (κ3) is 3.47. The first-order chi connectivity index (χ1) is 9.56. The molecular formula is C13H16N4O3. The first kappa shape index (κ1) is 13.9. The Bertz CT molecular complexity index is 589. The number of aromatic nitrogens is 3. The minimum absolute atomic E-state index is 0.0158. The van der Waals surface area contributed by atoms with Crippen molar-refractivity contribution in [3.05, 3.63) is 42.5 Å². The lowest BCUT2D eigenvalue weighted by Crippen LogP contribution is -2.38. The fourth-order valence-corrected chi connectivity index (χ4v) is 1.96. The van der Waals surface area contributed by atoms with Gasteiger partial charge in [0, 0.05) is 24.6 Å². The molecule has 0 aromatic carbocycles. The van der Waals surface area contributed by atoms with Crippen LogP contribution in [0.3, 0.4) is 0 Å². The van der Waals surface area contributed by atoms with Gasteiger partial charge in [0.2, 0.25) is 5.91 Å². The molecule has 0 aliphatic rings. The van der Waals surface area contributed by atoms with E-state index in [1.807, 2.05) is 19.2 Å². The van der Waals surface area contributed by atoms with E-state index in [9.17, 15) is 9.59 Å². The Morgan fingerprint density at radius 3 is 2.85 bits per heavy atom. The molecule has 0 saturated heterocycles. The standard InChI is InChI=1S/C13H16N4O3/c1-10(8-17-7-3-5-14-17)15-12(18)9-16-6-2-4-11(16)13(19)20/h2-7,10H,8-9H2,1H3,(H,15,18)(H,19,20). The molecule has 1 unspecified atom stereocenters. The second-order valence-corrected chi connectivity index (χ2v) is 4.52. The van der Waals surface area contributed by atoms with Crippen LogP contribution in [0.1, 0.15) is 17.4 Å². The molecular weight excluding hydrogens is 260 g/mol. The molecule has 7 nitrogen and oxygen atoms in total. The molecule has 2 aromatic heterocycles. The predicted molar refractivity (Wildman–Crippen MR) is 71.2 cm³/mol. The van der Waals surface area contributed by atoms with Gasteiger partial charge in [-0.25, -0.2) is 4.79 Å². The van der Waals surface area contributed by atoms with E-state index in [1.54, 1.807) is 23.1 Å². The van der Waals surface area contributed by atoms with E-state index in [-0.39, 0.29) is 24.2 Å². The molecule has 1 atom stereocenters. The highest BCUT2D eigenvalue weighted by Gasteiger charge is 2.13. The smallest absolute Gasteiger partial charge is 0.352 e. The van der Waals surface area contributed by atoms with Gasteiger partial charge in [-0.2, -0.15) is 5.10 Å². The van der Waals surface area contributed by atoms with E-state index in [2.05, 4.69) is 10.4 Å². The number of carboxylic acid groups (broad SMARTS) is 1.